The Bertz CT molecular complexity index is 959. The van der Waals surface area contributed by atoms with E-state index in [4.69, 9.17) is 13.9 Å². The maximum absolute atomic E-state index is 13.0. The standard InChI is InChI=1S/C19H15FN2O4S/c20-14-4-2-13(3-5-14)17-9-22-19(26-17)27-10-18(23)21-8-12-1-6-15-16(7-12)25-11-24-15/h1-7,9H,8,10-11H2,(H,21,23). The van der Waals surface area contributed by atoms with Crippen LogP contribution in [0.4, 0.5) is 4.39 Å². The summed E-state index contributed by atoms with van der Waals surface area (Å²) in [5.41, 5.74) is 1.65. The lowest BCUT2D eigenvalue weighted by molar-refractivity contribution is -0.118. The average Bonchev–Trinajstić information content (AvgIpc) is 3.34. The van der Waals surface area contributed by atoms with Gasteiger partial charge in [0.05, 0.1) is 11.9 Å². The van der Waals surface area contributed by atoms with Crippen LogP contribution in [0.2, 0.25) is 0 Å². The second kappa shape index (κ2) is 7.71. The second-order valence-electron chi connectivity index (χ2n) is 5.75. The Hall–Kier alpha value is -3.00. The second-order valence-corrected chi connectivity index (χ2v) is 6.68. The lowest BCUT2D eigenvalue weighted by Gasteiger charge is -2.05. The van der Waals surface area contributed by atoms with E-state index in [0.717, 1.165) is 11.1 Å². The quantitative estimate of drug-likeness (QED) is 0.653. The van der Waals surface area contributed by atoms with Gasteiger partial charge in [-0.3, -0.25) is 4.79 Å². The predicted octanol–water partition coefficient (Wildman–Crippen LogP) is 3.62. The predicted molar refractivity (Wildman–Crippen MR) is 97.0 cm³/mol. The summed E-state index contributed by atoms with van der Waals surface area (Å²) >= 11 is 1.19. The molecule has 4 rings (SSSR count). The van der Waals surface area contributed by atoms with Crippen molar-refractivity contribution in [2.75, 3.05) is 12.5 Å². The van der Waals surface area contributed by atoms with Gasteiger partial charge in [0, 0.05) is 12.1 Å². The van der Waals surface area contributed by atoms with E-state index in [1.54, 1.807) is 18.3 Å². The monoisotopic (exact) mass is 386 g/mol. The fourth-order valence-corrected chi connectivity index (χ4v) is 3.13. The van der Waals surface area contributed by atoms with E-state index < -0.39 is 0 Å². The first kappa shape index (κ1) is 17.4. The number of rotatable bonds is 6. The topological polar surface area (TPSA) is 73.6 Å². The van der Waals surface area contributed by atoms with Crippen LogP contribution in [0.3, 0.4) is 0 Å². The number of halogens is 1. The lowest BCUT2D eigenvalue weighted by Crippen LogP contribution is -2.24. The fraction of sp³-hybridized carbons (Fsp3) is 0.158. The van der Waals surface area contributed by atoms with E-state index in [-0.39, 0.29) is 24.3 Å². The Morgan fingerprint density at radius 1 is 1.15 bits per heavy atom. The number of nitrogens with one attached hydrogen (secondary N) is 1. The normalized spacial score (nSPS) is 12.2. The van der Waals surface area contributed by atoms with Crippen molar-refractivity contribution in [1.29, 1.82) is 0 Å². The zero-order valence-corrected chi connectivity index (χ0v) is 14.9. The van der Waals surface area contributed by atoms with E-state index in [2.05, 4.69) is 10.3 Å². The van der Waals surface area contributed by atoms with Gasteiger partial charge >= 0.3 is 0 Å². The van der Waals surface area contributed by atoms with Crippen LogP contribution in [0.5, 0.6) is 11.5 Å². The van der Waals surface area contributed by atoms with Crippen LogP contribution < -0.4 is 14.8 Å². The van der Waals surface area contributed by atoms with E-state index in [9.17, 15) is 9.18 Å². The van der Waals surface area contributed by atoms with Crippen LogP contribution >= 0.6 is 11.8 Å². The molecule has 0 unspecified atom stereocenters. The number of thioether (sulfide) groups is 1. The third kappa shape index (κ3) is 4.22. The average molecular weight is 386 g/mol. The Morgan fingerprint density at radius 3 is 2.81 bits per heavy atom. The molecule has 138 valence electrons. The highest BCUT2D eigenvalue weighted by Gasteiger charge is 2.14. The summed E-state index contributed by atoms with van der Waals surface area (Å²) in [6, 6.07) is 11.5. The minimum atomic E-state index is -0.313. The highest BCUT2D eigenvalue weighted by atomic mass is 32.2. The molecule has 3 aromatic rings. The summed E-state index contributed by atoms with van der Waals surface area (Å²) < 4.78 is 29.1. The van der Waals surface area contributed by atoms with Gasteiger partial charge in [-0.25, -0.2) is 9.37 Å². The van der Waals surface area contributed by atoms with Crippen molar-refractivity contribution in [1.82, 2.24) is 10.3 Å². The van der Waals surface area contributed by atoms with E-state index in [1.807, 2.05) is 18.2 Å². The molecule has 1 N–H and O–H groups in total. The molecule has 0 saturated carbocycles. The van der Waals surface area contributed by atoms with Crippen LogP contribution in [-0.4, -0.2) is 23.4 Å². The molecule has 0 aliphatic carbocycles. The van der Waals surface area contributed by atoms with Crippen LogP contribution in [-0.2, 0) is 11.3 Å². The number of ether oxygens (including phenoxy) is 2. The molecule has 6 nitrogen and oxygen atoms in total. The molecule has 0 saturated heterocycles. The highest BCUT2D eigenvalue weighted by Crippen LogP contribution is 2.32. The first-order valence-electron chi connectivity index (χ1n) is 8.17. The zero-order chi connectivity index (χ0) is 18.6. The summed E-state index contributed by atoms with van der Waals surface area (Å²) in [4.78, 5) is 16.2. The van der Waals surface area contributed by atoms with Crippen molar-refractivity contribution in [2.24, 2.45) is 0 Å². The molecule has 8 heteroatoms. The summed E-state index contributed by atoms with van der Waals surface area (Å²) in [5, 5.41) is 3.22. The van der Waals surface area contributed by atoms with Gasteiger partial charge in [0.25, 0.3) is 5.22 Å². The Labute approximate surface area is 158 Å². The van der Waals surface area contributed by atoms with Crippen LogP contribution in [0.15, 0.2) is 58.3 Å². The van der Waals surface area contributed by atoms with Gasteiger partial charge in [-0.1, -0.05) is 17.8 Å². The Balaban J connectivity index is 1.27. The van der Waals surface area contributed by atoms with Crippen molar-refractivity contribution >= 4 is 17.7 Å². The van der Waals surface area contributed by atoms with Crippen LogP contribution in [0.25, 0.3) is 11.3 Å². The molecule has 1 aromatic heterocycles. The van der Waals surface area contributed by atoms with Gasteiger partial charge in [-0.15, -0.1) is 0 Å². The Kier molecular flexibility index (Phi) is 4.97. The molecule has 0 radical (unpaired) electrons. The number of benzene rings is 2. The number of hydrogen-bond donors (Lipinski definition) is 1. The Morgan fingerprint density at radius 2 is 1.96 bits per heavy atom. The molecular formula is C19H15FN2O4S. The van der Waals surface area contributed by atoms with Crippen molar-refractivity contribution in [3.63, 3.8) is 0 Å². The van der Waals surface area contributed by atoms with E-state index in [1.165, 1.54) is 23.9 Å². The number of carbonyl (C=O) groups excluding carboxylic acids is 1. The third-order valence-corrected chi connectivity index (χ3v) is 4.71. The maximum atomic E-state index is 13.0. The SMILES string of the molecule is O=C(CSc1ncc(-c2ccc(F)cc2)o1)NCc1ccc2c(c1)OCO2. The molecule has 0 fully saturated rings. The van der Waals surface area contributed by atoms with Crippen molar-refractivity contribution < 1.29 is 23.1 Å². The van der Waals surface area contributed by atoms with Crippen molar-refractivity contribution in [3.8, 4) is 22.8 Å². The van der Waals surface area contributed by atoms with Gasteiger partial charge < -0.3 is 19.2 Å². The molecule has 1 aliphatic heterocycles. The van der Waals surface area contributed by atoms with Gasteiger partial charge in [-0.2, -0.15) is 0 Å². The van der Waals surface area contributed by atoms with E-state index in [0.29, 0.717) is 29.0 Å². The summed E-state index contributed by atoms with van der Waals surface area (Å²) in [5.74, 6) is 1.64. The minimum absolute atomic E-state index is 0.140. The number of nitrogens with zero attached hydrogens (tertiary/aromatic N) is 1. The fourth-order valence-electron chi connectivity index (χ4n) is 2.50. The molecule has 0 bridgehead atoms. The smallest absolute Gasteiger partial charge is 0.256 e. The number of oxazole rings is 1. The number of amides is 1. The highest BCUT2D eigenvalue weighted by molar-refractivity contribution is 7.99. The molecule has 2 aromatic carbocycles. The molecule has 0 atom stereocenters. The van der Waals surface area contributed by atoms with Gasteiger partial charge in [0.1, 0.15) is 5.82 Å². The number of fused-ring (bicyclic) bond motifs is 1. The number of aromatic nitrogens is 1. The molecule has 27 heavy (non-hydrogen) atoms. The van der Waals surface area contributed by atoms with Crippen LogP contribution in [0, 0.1) is 5.82 Å². The zero-order valence-electron chi connectivity index (χ0n) is 14.1. The molecular weight excluding hydrogens is 371 g/mol. The van der Waals surface area contributed by atoms with Crippen LogP contribution in [0.1, 0.15) is 5.56 Å². The maximum Gasteiger partial charge on any atom is 0.256 e. The third-order valence-electron chi connectivity index (χ3n) is 3.87. The first-order valence-corrected chi connectivity index (χ1v) is 9.16. The van der Waals surface area contributed by atoms with E-state index >= 15 is 0 Å². The van der Waals surface area contributed by atoms with Gasteiger partial charge in [-0.05, 0) is 42.0 Å². The summed E-state index contributed by atoms with van der Waals surface area (Å²) in [6.07, 6.45) is 1.56. The first-order chi connectivity index (χ1) is 13.2. The molecule has 0 spiro atoms. The van der Waals surface area contributed by atoms with Crippen molar-refractivity contribution in [2.45, 2.75) is 11.8 Å². The number of carbonyl (C=O) groups is 1. The minimum Gasteiger partial charge on any atom is -0.454 e. The van der Waals surface area contributed by atoms with Gasteiger partial charge in [0.15, 0.2) is 17.3 Å². The molecule has 2 heterocycles. The summed E-state index contributed by atoms with van der Waals surface area (Å²) in [6.45, 7) is 0.611. The lowest BCUT2D eigenvalue weighted by atomic mass is 10.2. The summed E-state index contributed by atoms with van der Waals surface area (Å²) in [7, 11) is 0. The molecule has 1 aliphatic rings. The number of hydrogen-bond acceptors (Lipinski definition) is 6. The van der Waals surface area contributed by atoms with Crippen molar-refractivity contribution in [3.05, 3.63) is 60.0 Å². The van der Waals surface area contributed by atoms with Gasteiger partial charge in [0.2, 0.25) is 12.7 Å². The molecule has 1 amide bonds. The largest absolute Gasteiger partial charge is 0.454 e.